The number of furan rings is 1. The van der Waals surface area contributed by atoms with E-state index in [-0.39, 0.29) is 50.7 Å². The second-order valence-electron chi connectivity index (χ2n) is 16.3. The molecule has 0 saturated heterocycles. The number of aliphatic hydroxyl groups is 2. The zero-order valence-electron chi connectivity index (χ0n) is 36.7. The quantitative estimate of drug-likeness (QED) is 0.0218. The van der Waals surface area contributed by atoms with Crippen LogP contribution < -0.4 is 5.73 Å². The van der Waals surface area contributed by atoms with Crippen LogP contribution in [0.15, 0.2) is 16.6 Å². The number of ether oxygens (including phenoxy) is 2. The van der Waals surface area contributed by atoms with Gasteiger partial charge < -0.3 is 34.7 Å². The van der Waals surface area contributed by atoms with Crippen molar-refractivity contribution in [2.45, 2.75) is 194 Å². The number of hydrogen-bond donors (Lipinski definition) is 4. The van der Waals surface area contributed by atoms with Crippen molar-refractivity contribution in [2.24, 2.45) is 17.6 Å². The summed E-state index contributed by atoms with van der Waals surface area (Å²) in [7, 11) is -4.45. The molecule has 14 heteroatoms. The Balaban J connectivity index is 1.67. The molecule has 2 rings (SSSR count). The minimum atomic E-state index is -4.45. The van der Waals surface area contributed by atoms with E-state index in [2.05, 4.69) is 27.7 Å². The van der Waals surface area contributed by atoms with Crippen LogP contribution in [0.3, 0.4) is 0 Å². The third kappa shape index (κ3) is 22.3. The molecular weight excluding hydrogens is 777 g/mol. The molecule has 1 aromatic rings. The van der Waals surface area contributed by atoms with E-state index in [0.29, 0.717) is 32.1 Å². The molecular formula is C45H78NO12P. The van der Waals surface area contributed by atoms with Crippen molar-refractivity contribution in [1.82, 2.24) is 0 Å². The summed E-state index contributed by atoms with van der Waals surface area (Å²) in [6, 6.07) is 0. The Morgan fingerprint density at radius 2 is 1.44 bits per heavy atom. The van der Waals surface area contributed by atoms with Crippen LogP contribution >= 0.6 is 7.82 Å². The molecule has 1 heterocycles. The number of esters is 2. The minimum absolute atomic E-state index is 0.00423. The molecule has 0 aliphatic heterocycles. The molecule has 340 valence electrons. The first-order valence-electron chi connectivity index (χ1n) is 22.6. The van der Waals surface area contributed by atoms with Crippen LogP contribution in [0.4, 0.5) is 0 Å². The molecule has 0 spiro atoms. The lowest BCUT2D eigenvalue weighted by Gasteiger charge is -2.20. The molecule has 1 aliphatic rings. The van der Waals surface area contributed by atoms with Gasteiger partial charge in [0.25, 0.3) is 0 Å². The van der Waals surface area contributed by atoms with Crippen molar-refractivity contribution in [3.05, 3.63) is 34.8 Å². The first-order chi connectivity index (χ1) is 28.3. The van der Waals surface area contributed by atoms with Gasteiger partial charge in [-0.3, -0.25) is 23.4 Å². The second kappa shape index (κ2) is 30.6. The van der Waals surface area contributed by atoms with Crippen molar-refractivity contribution in [1.29, 1.82) is 0 Å². The molecule has 1 aromatic heterocycles. The van der Waals surface area contributed by atoms with Gasteiger partial charge in [-0.25, -0.2) is 4.57 Å². The van der Waals surface area contributed by atoms with Crippen molar-refractivity contribution in [2.75, 3.05) is 26.4 Å². The summed E-state index contributed by atoms with van der Waals surface area (Å²) < 4.78 is 39.0. The smallest absolute Gasteiger partial charge is 0.466 e. The predicted octanol–water partition coefficient (Wildman–Crippen LogP) is 8.85. The summed E-state index contributed by atoms with van der Waals surface area (Å²) in [5, 5.41) is 20.8. The third-order valence-electron chi connectivity index (χ3n) is 11.2. The fraction of sp³-hybridized carbons (Fsp3) is 0.800. The van der Waals surface area contributed by atoms with Gasteiger partial charge in [0, 0.05) is 44.6 Å². The van der Waals surface area contributed by atoms with Gasteiger partial charge in [-0.05, 0) is 69.4 Å². The Hall–Kier alpha value is -2.38. The first-order valence-corrected chi connectivity index (χ1v) is 24.1. The lowest BCUT2D eigenvalue weighted by atomic mass is 9.88. The highest BCUT2D eigenvalue weighted by atomic mass is 31.2. The molecule has 59 heavy (non-hydrogen) atoms. The lowest BCUT2D eigenvalue weighted by Crippen LogP contribution is -2.29. The maximum absolute atomic E-state index is 12.7. The van der Waals surface area contributed by atoms with E-state index in [1.165, 1.54) is 17.5 Å². The molecule has 1 saturated carbocycles. The maximum Gasteiger partial charge on any atom is 0.472 e. The molecule has 0 bridgehead atoms. The highest BCUT2D eigenvalue weighted by Gasteiger charge is 2.39. The van der Waals surface area contributed by atoms with E-state index in [1.807, 2.05) is 0 Å². The normalized spacial score (nSPS) is 19.0. The van der Waals surface area contributed by atoms with Gasteiger partial charge in [-0.15, -0.1) is 0 Å². The van der Waals surface area contributed by atoms with Gasteiger partial charge >= 0.3 is 19.8 Å². The number of hydrogen-bond acceptors (Lipinski definition) is 12. The number of allylic oxidation sites excluding steroid dienone is 1. The van der Waals surface area contributed by atoms with E-state index in [0.717, 1.165) is 101 Å². The Labute approximate surface area is 354 Å². The first kappa shape index (κ1) is 52.8. The van der Waals surface area contributed by atoms with Crippen LogP contribution in [0.2, 0.25) is 0 Å². The average Bonchev–Trinajstić information content (AvgIpc) is 3.63. The van der Waals surface area contributed by atoms with Crippen LogP contribution in [0, 0.1) is 25.7 Å². The molecule has 1 fully saturated rings. The van der Waals surface area contributed by atoms with E-state index < -0.39 is 50.6 Å². The number of unbranched alkanes of at least 4 members (excludes halogenated alkanes) is 12. The fourth-order valence-corrected chi connectivity index (χ4v) is 8.35. The summed E-state index contributed by atoms with van der Waals surface area (Å²) in [6.45, 7) is 7.56. The fourth-order valence-electron chi connectivity index (χ4n) is 7.59. The third-order valence-corrected chi connectivity index (χ3v) is 12.2. The largest absolute Gasteiger partial charge is 0.472 e. The number of rotatable bonds is 35. The summed E-state index contributed by atoms with van der Waals surface area (Å²) in [5.74, 6) is 0.659. The van der Waals surface area contributed by atoms with Crippen LogP contribution in [-0.4, -0.2) is 77.5 Å². The Morgan fingerprint density at radius 1 is 0.831 bits per heavy atom. The second-order valence-corrected chi connectivity index (χ2v) is 17.7. The van der Waals surface area contributed by atoms with Gasteiger partial charge in [0.15, 0.2) is 6.10 Å². The highest BCUT2D eigenvalue weighted by molar-refractivity contribution is 7.47. The molecule has 0 radical (unpaired) electrons. The zero-order chi connectivity index (χ0) is 43.5. The summed E-state index contributed by atoms with van der Waals surface area (Å²) in [5.41, 5.74) is 7.95. The zero-order valence-corrected chi connectivity index (χ0v) is 37.6. The number of carbonyl (C=O) groups excluding carboxylic acids is 3. The number of aliphatic hydroxyl groups excluding tert-OH is 2. The number of nitrogens with two attached hydrogens (primary N) is 1. The van der Waals surface area contributed by atoms with Crippen molar-refractivity contribution < 1.29 is 57.0 Å². The average molecular weight is 856 g/mol. The number of aryl methyl sites for hydroxylation is 2. The van der Waals surface area contributed by atoms with Crippen molar-refractivity contribution in [3.63, 3.8) is 0 Å². The van der Waals surface area contributed by atoms with Crippen molar-refractivity contribution >= 4 is 25.5 Å². The maximum atomic E-state index is 12.7. The number of Topliss-reactive ketones (excluding diaryl/α,β-unsaturated/α-hetero) is 1. The Morgan fingerprint density at radius 3 is 2.08 bits per heavy atom. The standard InChI is InChI=1S/C45H78NO12P/c1-5-7-16-22-36(47)27-28-39-38(40(48)31-41(39)49)23-17-14-15-20-26-45(51)57-37(33-56-59(52,53)55-30-29-46)32-54-44(50)25-19-13-11-9-8-10-12-18-24-43-35(4)34(3)42(58-43)21-6-2/h27-28,36-40,47-48H,5-26,29-33,46H2,1-4H3,(H,52,53)/b28-27+/t36-,37+,38+,39+,40-/m0/s1. The molecule has 13 nitrogen and oxygen atoms in total. The number of ketones is 1. The molecule has 6 atom stereocenters. The minimum Gasteiger partial charge on any atom is -0.466 e. The van der Waals surface area contributed by atoms with Crippen LogP contribution in [0.25, 0.3) is 0 Å². The van der Waals surface area contributed by atoms with Crippen LogP contribution in [0.1, 0.15) is 171 Å². The van der Waals surface area contributed by atoms with Gasteiger partial charge in [0.05, 0.1) is 25.4 Å². The van der Waals surface area contributed by atoms with Gasteiger partial charge in [0.2, 0.25) is 0 Å². The topological polar surface area (TPSA) is 205 Å². The van der Waals surface area contributed by atoms with E-state index in [1.54, 1.807) is 12.2 Å². The van der Waals surface area contributed by atoms with Gasteiger partial charge in [-0.1, -0.05) is 103 Å². The molecule has 1 aliphatic carbocycles. The SMILES string of the molecule is CCCCC[C@H](O)/C=C/[C@H]1C(=O)C[C@H](O)[C@@H]1CCCCCCC(=O)O[C@H](COC(=O)CCCCCCCCCCc1oc(CCC)c(C)c1C)COP(=O)(O)OCCN. The van der Waals surface area contributed by atoms with Crippen LogP contribution in [0.5, 0.6) is 0 Å². The van der Waals surface area contributed by atoms with E-state index >= 15 is 0 Å². The summed E-state index contributed by atoms with van der Waals surface area (Å²) >= 11 is 0. The highest BCUT2D eigenvalue weighted by Crippen LogP contribution is 2.43. The number of phosphoric ester groups is 1. The van der Waals surface area contributed by atoms with E-state index in [4.69, 9.17) is 28.7 Å². The Kier molecular flexibility index (Phi) is 27.4. The predicted molar refractivity (Wildman–Crippen MR) is 229 cm³/mol. The van der Waals surface area contributed by atoms with Gasteiger partial charge in [-0.2, -0.15) is 0 Å². The summed E-state index contributed by atoms with van der Waals surface area (Å²) in [6.07, 6.45) is 20.0. The van der Waals surface area contributed by atoms with Gasteiger partial charge in [0.1, 0.15) is 23.9 Å². The molecule has 5 N–H and O–H groups in total. The number of carbonyl (C=O) groups is 3. The molecule has 0 aromatic carbocycles. The van der Waals surface area contributed by atoms with Crippen molar-refractivity contribution in [3.8, 4) is 0 Å². The van der Waals surface area contributed by atoms with E-state index in [9.17, 15) is 34.1 Å². The Bertz CT molecular complexity index is 1410. The lowest BCUT2D eigenvalue weighted by molar-refractivity contribution is -0.161. The monoisotopic (exact) mass is 856 g/mol. The van der Waals surface area contributed by atoms with Crippen LogP contribution in [-0.2, 0) is 50.3 Å². The number of phosphoric acid groups is 1. The molecule has 0 amide bonds. The summed E-state index contributed by atoms with van der Waals surface area (Å²) in [4.78, 5) is 47.7. The molecule has 1 unspecified atom stereocenters.